The maximum atomic E-state index is 12.7. The molecule has 10 heteroatoms. The van der Waals surface area contributed by atoms with Gasteiger partial charge in [-0.1, -0.05) is 0 Å². The van der Waals surface area contributed by atoms with E-state index in [9.17, 15) is 18.3 Å². The topological polar surface area (TPSA) is 89.4 Å². The van der Waals surface area contributed by atoms with Gasteiger partial charge in [0.2, 0.25) is 0 Å². The maximum absolute atomic E-state index is 12.7. The second-order valence-electron chi connectivity index (χ2n) is 9.98. The number of aromatic nitrogens is 3. The van der Waals surface area contributed by atoms with Gasteiger partial charge in [0, 0.05) is 42.5 Å². The Balaban J connectivity index is 1.26. The molecule has 172 valence electrons. The van der Waals surface area contributed by atoms with Crippen LogP contribution in [0, 0.1) is 0 Å². The number of ether oxygens (including phenoxy) is 1. The van der Waals surface area contributed by atoms with Crippen LogP contribution < -0.4 is 10.5 Å². The van der Waals surface area contributed by atoms with Gasteiger partial charge >= 0.3 is 6.36 Å². The van der Waals surface area contributed by atoms with Crippen LogP contribution in [0.4, 0.5) is 19.0 Å². The molecule has 3 heterocycles. The van der Waals surface area contributed by atoms with Gasteiger partial charge in [-0.2, -0.15) is 0 Å². The lowest BCUT2D eigenvalue weighted by atomic mass is 9.43. The highest BCUT2D eigenvalue weighted by Crippen LogP contribution is 2.69. The van der Waals surface area contributed by atoms with Gasteiger partial charge in [-0.05, 0) is 51.0 Å². The summed E-state index contributed by atoms with van der Waals surface area (Å²) in [6, 6.07) is 1.27. The second-order valence-corrected chi connectivity index (χ2v) is 9.98. The summed E-state index contributed by atoms with van der Waals surface area (Å²) in [5, 5.41) is 9.82. The summed E-state index contributed by atoms with van der Waals surface area (Å²) < 4.78 is 44.5. The van der Waals surface area contributed by atoms with Gasteiger partial charge in [-0.15, -0.1) is 13.2 Å². The SMILES string of the molecule is Nc1ncc(-c2cn(C34CC(N5CCC(O)CC5)(C3)C4)c(C3CC3)n2)cc1OC(F)(F)F. The third-order valence-corrected chi connectivity index (χ3v) is 7.70. The molecule has 2 bridgehead atoms. The maximum Gasteiger partial charge on any atom is 0.573 e. The van der Waals surface area contributed by atoms with Gasteiger partial charge in [-0.3, -0.25) is 4.90 Å². The Morgan fingerprint density at radius 1 is 1.09 bits per heavy atom. The van der Waals surface area contributed by atoms with Crippen molar-refractivity contribution >= 4 is 5.82 Å². The predicted molar refractivity (Wildman–Crippen MR) is 110 cm³/mol. The minimum absolute atomic E-state index is 0.0474. The first-order chi connectivity index (χ1) is 15.2. The third kappa shape index (κ3) is 3.18. The summed E-state index contributed by atoms with van der Waals surface area (Å²) in [5.74, 6) is 0.624. The number of nitrogens with two attached hydrogens (primary N) is 1. The predicted octanol–water partition coefficient (Wildman–Crippen LogP) is 3.39. The van der Waals surface area contributed by atoms with Crippen molar-refractivity contribution in [2.75, 3.05) is 18.8 Å². The van der Waals surface area contributed by atoms with Gasteiger partial charge in [0.25, 0.3) is 0 Å². The zero-order valence-corrected chi connectivity index (χ0v) is 17.6. The van der Waals surface area contributed by atoms with Crippen molar-refractivity contribution in [1.82, 2.24) is 19.4 Å². The molecule has 3 N–H and O–H groups in total. The lowest BCUT2D eigenvalue weighted by Crippen LogP contribution is -2.79. The fourth-order valence-corrected chi connectivity index (χ4v) is 5.96. The number of halogens is 3. The number of piperidine rings is 1. The molecular formula is C22H26F3N5O2. The van der Waals surface area contributed by atoms with Crippen molar-refractivity contribution in [3.8, 4) is 17.0 Å². The Hall–Kier alpha value is -2.33. The van der Waals surface area contributed by atoms with E-state index < -0.39 is 12.1 Å². The summed E-state index contributed by atoms with van der Waals surface area (Å²) in [6.07, 6.45) is 5.45. The molecular weight excluding hydrogens is 423 g/mol. The number of rotatable bonds is 5. The number of aliphatic hydroxyl groups excluding tert-OH is 1. The molecule has 0 amide bonds. The summed E-state index contributed by atoms with van der Waals surface area (Å²) in [5.41, 5.74) is 6.94. The standard InChI is InChI=1S/C22H26F3N5O2/c23-22(24,25)32-17-7-14(8-27-18(17)26)16-9-30(19(28-16)13-1-2-13)21-10-20(11-21,12-21)29-5-3-15(31)4-6-29/h7-9,13,15,31H,1-6,10-12H2,(H2,26,27). The molecule has 0 unspecified atom stereocenters. The van der Waals surface area contributed by atoms with Crippen LogP contribution in [0.5, 0.6) is 5.75 Å². The molecule has 5 fully saturated rings. The molecule has 4 saturated carbocycles. The van der Waals surface area contributed by atoms with Gasteiger partial charge in [0.05, 0.1) is 17.3 Å². The monoisotopic (exact) mass is 449 g/mol. The zero-order chi connectivity index (χ0) is 22.3. The van der Waals surface area contributed by atoms with Crippen LogP contribution in [0.1, 0.15) is 56.7 Å². The Morgan fingerprint density at radius 2 is 1.78 bits per heavy atom. The fourth-order valence-electron chi connectivity index (χ4n) is 5.96. The number of hydrogen-bond donors (Lipinski definition) is 2. The molecule has 4 aliphatic carbocycles. The van der Waals surface area contributed by atoms with E-state index in [0.717, 1.165) is 63.9 Å². The van der Waals surface area contributed by atoms with Crippen molar-refractivity contribution in [1.29, 1.82) is 0 Å². The van der Waals surface area contributed by atoms with Crippen LogP contribution >= 0.6 is 0 Å². The molecule has 7 rings (SSSR count). The number of imidazole rings is 1. The van der Waals surface area contributed by atoms with E-state index in [-0.39, 0.29) is 23.0 Å². The number of aliphatic hydroxyl groups is 1. The minimum atomic E-state index is -4.84. The van der Waals surface area contributed by atoms with E-state index in [1.165, 1.54) is 12.3 Å². The van der Waals surface area contributed by atoms with Gasteiger partial charge in [0.1, 0.15) is 5.82 Å². The summed E-state index contributed by atoms with van der Waals surface area (Å²) >= 11 is 0. The number of pyridine rings is 1. The van der Waals surface area contributed by atoms with E-state index in [2.05, 4.69) is 19.2 Å². The number of alkyl halides is 3. The molecule has 0 atom stereocenters. The van der Waals surface area contributed by atoms with E-state index in [1.54, 1.807) is 0 Å². The van der Waals surface area contributed by atoms with Crippen LogP contribution in [0.15, 0.2) is 18.5 Å². The quantitative estimate of drug-likeness (QED) is 0.728. The lowest BCUT2D eigenvalue weighted by molar-refractivity contribution is -0.274. The molecule has 1 aliphatic heterocycles. The van der Waals surface area contributed by atoms with E-state index in [0.29, 0.717) is 17.2 Å². The molecule has 5 aliphatic rings. The minimum Gasteiger partial charge on any atom is -0.402 e. The number of likely N-dealkylation sites (tertiary alicyclic amines) is 1. The van der Waals surface area contributed by atoms with E-state index in [1.807, 2.05) is 6.20 Å². The molecule has 2 aromatic rings. The molecule has 32 heavy (non-hydrogen) atoms. The van der Waals surface area contributed by atoms with Crippen molar-refractivity contribution < 1.29 is 23.0 Å². The van der Waals surface area contributed by atoms with Crippen LogP contribution in [0.3, 0.4) is 0 Å². The largest absolute Gasteiger partial charge is 0.573 e. The molecule has 2 aromatic heterocycles. The molecule has 0 spiro atoms. The molecule has 0 radical (unpaired) electrons. The van der Waals surface area contributed by atoms with E-state index in [4.69, 9.17) is 10.7 Å². The van der Waals surface area contributed by atoms with E-state index >= 15 is 0 Å². The molecule has 7 nitrogen and oxygen atoms in total. The van der Waals surface area contributed by atoms with Crippen LogP contribution in [0.2, 0.25) is 0 Å². The average Bonchev–Trinajstić information content (AvgIpc) is 3.42. The molecule has 1 saturated heterocycles. The highest BCUT2D eigenvalue weighted by Gasteiger charge is 2.71. The zero-order valence-electron chi connectivity index (χ0n) is 17.6. The average molecular weight is 449 g/mol. The summed E-state index contributed by atoms with van der Waals surface area (Å²) in [7, 11) is 0. The van der Waals surface area contributed by atoms with Gasteiger partial charge < -0.3 is 20.1 Å². The molecule has 0 aromatic carbocycles. The first-order valence-corrected chi connectivity index (χ1v) is 11.2. The second kappa shape index (κ2) is 6.60. The number of nitrogen functional groups attached to an aromatic ring is 1. The fraction of sp³-hybridized carbons (Fsp3) is 0.636. The van der Waals surface area contributed by atoms with Crippen molar-refractivity contribution in [2.45, 2.75) is 74.4 Å². The summed E-state index contributed by atoms with van der Waals surface area (Å²) in [4.78, 5) is 11.3. The van der Waals surface area contributed by atoms with Crippen molar-refractivity contribution in [2.24, 2.45) is 0 Å². The highest BCUT2D eigenvalue weighted by molar-refractivity contribution is 5.64. The smallest absolute Gasteiger partial charge is 0.402 e. The van der Waals surface area contributed by atoms with Crippen LogP contribution in [-0.2, 0) is 5.54 Å². The third-order valence-electron chi connectivity index (χ3n) is 7.70. The Labute approximate surface area is 183 Å². The van der Waals surface area contributed by atoms with Gasteiger partial charge in [0.15, 0.2) is 11.6 Å². The van der Waals surface area contributed by atoms with Gasteiger partial charge in [-0.25, -0.2) is 9.97 Å². The number of nitrogens with zero attached hydrogens (tertiary/aromatic N) is 4. The first-order valence-electron chi connectivity index (χ1n) is 11.2. The first kappa shape index (κ1) is 20.3. The Kier molecular flexibility index (Phi) is 4.18. The number of hydrogen-bond acceptors (Lipinski definition) is 6. The normalized spacial score (nSPS) is 30.6. The summed E-state index contributed by atoms with van der Waals surface area (Å²) in [6.45, 7) is 1.89. The van der Waals surface area contributed by atoms with Crippen LogP contribution in [-0.4, -0.2) is 55.6 Å². The van der Waals surface area contributed by atoms with Crippen molar-refractivity contribution in [3.05, 3.63) is 24.3 Å². The Bertz CT molecular complexity index is 1040. The highest BCUT2D eigenvalue weighted by atomic mass is 19.4. The van der Waals surface area contributed by atoms with Crippen molar-refractivity contribution in [3.63, 3.8) is 0 Å². The van der Waals surface area contributed by atoms with Crippen LogP contribution in [0.25, 0.3) is 11.3 Å². The Morgan fingerprint density at radius 3 is 2.41 bits per heavy atom. The number of anilines is 1. The lowest BCUT2D eigenvalue weighted by Gasteiger charge is -2.75.